The summed E-state index contributed by atoms with van der Waals surface area (Å²) in [7, 11) is 5.85. The van der Waals surface area contributed by atoms with Crippen LogP contribution < -0.4 is 5.32 Å². The first kappa shape index (κ1) is 25.7. The van der Waals surface area contributed by atoms with Gasteiger partial charge in [0.25, 0.3) is 0 Å². The molecule has 1 unspecified atom stereocenters. The van der Waals surface area contributed by atoms with Gasteiger partial charge in [0.15, 0.2) is 0 Å². The van der Waals surface area contributed by atoms with Gasteiger partial charge in [0.2, 0.25) is 5.91 Å². The van der Waals surface area contributed by atoms with E-state index in [-0.39, 0.29) is 18.4 Å². The summed E-state index contributed by atoms with van der Waals surface area (Å²) in [5.41, 5.74) is 1.21. The van der Waals surface area contributed by atoms with Crippen molar-refractivity contribution in [3.05, 3.63) is 42.1 Å². The highest BCUT2D eigenvalue weighted by molar-refractivity contribution is 5.77. The van der Waals surface area contributed by atoms with E-state index in [9.17, 15) is 9.59 Å². The highest BCUT2D eigenvalue weighted by Crippen LogP contribution is 2.09. The summed E-state index contributed by atoms with van der Waals surface area (Å²) in [5.74, 6) is -0.932. The first-order valence-corrected chi connectivity index (χ1v) is 11.0. The molecule has 1 atom stereocenters. The van der Waals surface area contributed by atoms with Crippen molar-refractivity contribution in [2.75, 3.05) is 34.2 Å². The summed E-state index contributed by atoms with van der Waals surface area (Å²) in [6.07, 6.45) is 11.2. The number of carbonyl (C=O) groups is 2. The molecule has 0 aliphatic rings. The molecule has 6 heteroatoms. The minimum Gasteiger partial charge on any atom is -0.481 e. The van der Waals surface area contributed by atoms with Crippen molar-refractivity contribution in [2.45, 2.75) is 57.4 Å². The van der Waals surface area contributed by atoms with Crippen LogP contribution in [0, 0.1) is 0 Å². The number of unbranched alkanes of at least 4 members (excludes halogenated alkanes) is 5. The van der Waals surface area contributed by atoms with Crippen molar-refractivity contribution < 1.29 is 14.7 Å². The highest BCUT2D eigenvalue weighted by atomic mass is 16.4. The van der Waals surface area contributed by atoms with Gasteiger partial charge in [0.1, 0.15) is 0 Å². The largest absolute Gasteiger partial charge is 0.481 e. The van der Waals surface area contributed by atoms with Gasteiger partial charge in [0.05, 0.1) is 12.5 Å². The fourth-order valence-electron chi connectivity index (χ4n) is 3.32. The Bertz CT molecular complexity index is 632. The van der Waals surface area contributed by atoms with Crippen LogP contribution in [0.15, 0.2) is 36.5 Å². The molecule has 1 aromatic rings. The van der Waals surface area contributed by atoms with E-state index in [0.29, 0.717) is 13.0 Å². The number of carboxylic acid groups (broad SMARTS) is 1. The number of rotatable bonds is 16. The van der Waals surface area contributed by atoms with Crippen LogP contribution in [-0.4, -0.2) is 67.1 Å². The molecular formula is C24H39N3O3. The molecule has 0 aliphatic heterocycles. The Labute approximate surface area is 181 Å². The second-order valence-electron chi connectivity index (χ2n) is 8.20. The number of nitrogens with zero attached hydrogens (tertiary/aromatic N) is 2. The van der Waals surface area contributed by atoms with Crippen molar-refractivity contribution in [3.63, 3.8) is 0 Å². The Morgan fingerprint density at radius 2 is 1.63 bits per heavy atom. The zero-order valence-electron chi connectivity index (χ0n) is 18.8. The van der Waals surface area contributed by atoms with Crippen molar-refractivity contribution in [2.24, 2.45) is 0 Å². The molecule has 30 heavy (non-hydrogen) atoms. The molecule has 2 N–H and O–H groups in total. The molecule has 0 saturated carbocycles. The van der Waals surface area contributed by atoms with Crippen LogP contribution in [0.2, 0.25) is 0 Å². The van der Waals surface area contributed by atoms with Gasteiger partial charge in [-0.2, -0.15) is 0 Å². The quantitative estimate of drug-likeness (QED) is 0.400. The van der Waals surface area contributed by atoms with E-state index < -0.39 is 5.97 Å². The molecule has 6 nitrogen and oxygen atoms in total. The lowest BCUT2D eigenvalue weighted by Gasteiger charge is -2.20. The normalized spacial score (nSPS) is 12.3. The van der Waals surface area contributed by atoms with Crippen LogP contribution in [0.25, 0.3) is 6.08 Å². The third-order valence-electron chi connectivity index (χ3n) is 4.86. The van der Waals surface area contributed by atoms with Crippen LogP contribution in [0.5, 0.6) is 0 Å². The van der Waals surface area contributed by atoms with Gasteiger partial charge in [-0.15, -0.1) is 0 Å². The number of aliphatic carboxylic acids is 1. The smallest absolute Gasteiger partial charge is 0.305 e. The van der Waals surface area contributed by atoms with Gasteiger partial charge in [0, 0.05) is 26.6 Å². The number of benzene rings is 1. The van der Waals surface area contributed by atoms with Gasteiger partial charge < -0.3 is 20.2 Å². The Morgan fingerprint density at radius 3 is 2.27 bits per heavy atom. The van der Waals surface area contributed by atoms with Crippen molar-refractivity contribution in [1.82, 2.24) is 15.1 Å². The second kappa shape index (κ2) is 15.5. The average molecular weight is 418 g/mol. The van der Waals surface area contributed by atoms with Gasteiger partial charge >= 0.3 is 5.97 Å². The molecule has 168 valence electrons. The Hall–Kier alpha value is -2.34. The van der Waals surface area contributed by atoms with Gasteiger partial charge in [-0.1, -0.05) is 56.0 Å². The molecule has 0 aliphatic carbocycles. The third kappa shape index (κ3) is 13.8. The molecular weight excluding hydrogens is 378 g/mol. The lowest BCUT2D eigenvalue weighted by atomic mass is 10.1. The summed E-state index contributed by atoms with van der Waals surface area (Å²) in [6, 6.07) is 9.97. The fourth-order valence-corrected chi connectivity index (χ4v) is 3.32. The predicted octanol–water partition coefficient (Wildman–Crippen LogP) is 3.84. The van der Waals surface area contributed by atoms with Gasteiger partial charge in [-0.3, -0.25) is 9.59 Å². The average Bonchev–Trinajstić information content (AvgIpc) is 2.68. The lowest BCUT2D eigenvalue weighted by molar-refractivity contribution is -0.137. The number of hydrogen-bond donors (Lipinski definition) is 2. The van der Waals surface area contributed by atoms with E-state index in [1.807, 2.05) is 37.2 Å². The van der Waals surface area contributed by atoms with Crippen LogP contribution >= 0.6 is 0 Å². The van der Waals surface area contributed by atoms with E-state index in [1.165, 1.54) is 18.4 Å². The summed E-state index contributed by atoms with van der Waals surface area (Å²) >= 11 is 0. The molecule has 0 fully saturated rings. The Balaban J connectivity index is 2.06. The Kier molecular flexibility index (Phi) is 13.3. The SMILES string of the molecule is CN(C)CC(CC(=O)O)NC(=O)CCCCCCCCN(C)C=Cc1ccccc1. The minimum atomic E-state index is -0.886. The number of likely N-dealkylation sites (N-methyl/N-ethyl adjacent to an activating group) is 1. The predicted molar refractivity (Wildman–Crippen MR) is 123 cm³/mol. The van der Waals surface area contributed by atoms with Crippen molar-refractivity contribution in [1.29, 1.82) is 0 Å². The maximum absolute atomic E-state index is 12.1. The van der Waals surface area contributed by atoms with Crippen LogP contribution in [0.3, 0.4) is 0 Å². The molecule has 0 aromatic heterocycles. The fraction of sp³-hybridized carbons (Fsp3) is 0.583. The molecule has 1 aromatic carbocycles. The maximum atomic E-state index is 12.1. The standard InChI is InChI=1S/C24H39N3O3/c1-26(2)20-22(19-24(29)30)25-23(28)15-11-6-4-5-7-12-17-27(3)18-16-21-13-9-8-10-14-21/h8-10,13-14,16,18,22H,4-7,11-12,15,17,19-20H2,1-3H3,(H,25,28)(H,29,30). The number of amides is 1. The molecule has 0 heterocycles. The number of carboxylic acids is 1. The topological polar surface area (TPSA) is 72.9 Å². The minimum absolute atomic E-state index is 0.0428. The second-order valence-corrected chi connectivity index (χ2v) is 8.20. The molecule has 1 amide bonds. The van der Waals surface area contributed by atoms with Crippen molar-refractivity contribution in [3.8, 4) is 0 Å². The highest BCUT2D eigenvalue weighted by Gasteiger charge is 2.16. The summed E-state index contributed by atoms with van der Waals surface area (Å²) in [4.78, 5) is 27.1. The molecule has 0 bridgehead atoms. The third-order valence-corrected chi connectivity index (χ3v) is 4.86. The van der Waals surface area contributed by atoms with Gasteiger partial charge in [-0.25, -0.2) is 0 Å². The van der Waals surface area contributed by atoms with Crippen LogP contribution in [0.1, 0.15) is 56.9 Å². The van der Waals surface area contributed by atoms with Crippen LogP contribution in [0.4, 0.5) is 0 Å². The summed E-state index contributed by atoms with van der Waals surface area (Å²) in [6.45, 7) is 1.58. The van der Waals surface area contributed by atoms with E-state index in [2.05, 4.69) is 41.7 Å². The summed E-state index contributed by atoms with van der Waals surface area (Å²) < 4.78 is 0. The lowest BCUT2D eigenvalue weighted by Crippen LogP contribution is -2.42. The first-order valence-electron chi connectivity index (χ1n) is 11.0. The molecule has 0 radical (unpaired) electrons. The molecule has 0 saturated heterocycles. The monoisotopic (exact) mass is 417 g/mol. The van der Waals surface area contributed by atoms with E-state index >= 15 is 0 Å². The number of hydrogen-bond acceptors (Lipinski definition) is 4. The number of nitrogens with one attached hydrogen (secondary N) is 1. The zero-order chi connectivity index (χ0) is 22.2. The van der Waals surface area contributed by atoms with Crippen molar-refractivity contribution >= 4 is 18.0 Å². The summed E-state index contributed by atoms with van der Waals surface area (Å²) in [5, 5.41) is 11.8. The van der Waals surface area contributed by atoms with E-state index in [4.69, 9.17) is 5.11 Å². The molecule has 0 spiro atoms. The van der Waals surface area contributed by atoms with Crippen LogP contribution in [-0.2, 0) is 9.59 Å². The van der Waals surface area contributed by atoms with E-state index in [1.54, 1.807) is 0 Å². The maximum Gasteiger partial charge on any atom is 0.305 e. The Morgan fingerprint density at radius 1 is 1.00 bits per heavy atom. The first-order chi connectivity index (χ1) is 14.4. The van der Waals surface area contributed by atoms with E-state index in [0.717, 1.165) is 32.2 Å². The number of carbonyl (C=O) groups excluding carboxylic acids is 1. The molecule has 1 rings (SSSR count). The van der Waals surface area contributed by atoms with Gasteiger partial charge in [-0.05, 0) is 44.8 Å². The zero-order valence-corrected chi connectivity index (χ0v) is 18.8.